The first-order chi connectivity index (χ1) is 15.3. The van der Waals surface area contributed by atoms with Crippen molar-refractivity contribution in [3.8, 4) is 11.3 Å². The Kier molecular flexibility index (Phi) is 4.68. The van der Waals surface area contributed by atoms with Gasteiger partial charge in [0.05, 0.1) is 16.8 Å². The van der Waals surface area contributed by atoms with Crippen LogP contribution in [0.25, 0.3) is 23.0 Å². The fourth-order valence-electron chi connectivity index (χ4n) is 3.35. The molecule has 3 aromatic rings. The first-order valence-electron chi connectivity index (χ1n) is 9.87. The van der Waals surface area contributed by atoms with Crippen molar-refractivity contribution < 1.29 is 18.0 Å². The van der Waals surface area contributed by atoms with Crippen molar-refractivity contribution in [3.05, 3.63) is 47.8 Å². The maximum absolute atomic E-state index is 12.2. The molecule has 2 aliphatic rings. The zero-order chi connectivity index (χ0) is 22.5. The third kappa shape index (κ3) is 3.69. The minimum absolute atomic E-state index is 0.0934. The molecule has 0 unspecified atom stereocenters. The number of carbonyl (C=O) groups is 2. The molecule has 3 amide bonds. The van der Waals surface area contributed by atoms with Gasteiger partial charge in [0, 0.05) is 23.2 Å². The number of anilines is 1. The van der Waals surface area contributed by atoms with Crippen LogP contribution < -0.4 is 20.7 Å². The summed E-state index contributed by atoms with van der Waals surface area (Å²) in [6.45, 7) is 0. The Bertz CT molecular complexity index is 1410. The Balaban J connectivity index is 1.65. The van der Waals surface area contributed by atoms with Crippen LogP contribution in [0.2, 0.25) is 0 Å². The van der Waals surface area contributed by atoms with Crippen LogP contribution in [0, 0.1) is 0 Å². The average molecular weight is 453 g/mol. The minimum Gasteiger partial charge on any atom is -0.367 e. The van der Waals surface area contributed by atoms with Gasteiger partial charge >= 0.3 is 6.03 Å². The first kappa shape index (κ1) is 20.2. The zero-order valence-electron chi connectivity index (χ0n) is 16.9. The van der Waals surface area contributed by atoms with Gasteiger partial charge in [-0.15, -0.1) is 0 Å². The topological polar surface area (TPSA) is 147 Å². The van der Waals surface area contributed by atoms with E-state index in [1.165, 1.54) is 19.2 Å². The molecule has 12 heteroatoms. The molecular formula is C20H19N7O4S. The number of imide groups is 1. The Labute approximate surface area is 183 Å². The summed E-state index contributed by atoms with van der Waals surface area (Å²) in [6, 6.07) is 8.02. The number of rotatable bonds is 6. The van der Waals surface area contributed by atoms with Crippen molar-refractivity contribution in [1.82, 2.24) is 30.0 Å². The van der Waals surface area contributed by atoms with E-state index in [2.05, 4.69) is 30.8 Å². The van der Waals surface area contributed by atoms with Gasteiger partial charge in [-0.2, -0.15) is 9.61 Å². The quantitative estimate of drug-likeness (QED) is 0.322. The van der Waals surface area contributed by atoms with Crippen molar-refractivity contribution in [2.45, 2.75) is 23.8 Å². The molecule has 3 heterocycles. The van der Waals surface area contributed by atoms with E-state index in [0.717, 1.165) is 12.8 Å². The van der Waals surface area contributed by atoms with Crippen LogP contribution in [0.4, 0.5) is 10.6 Å². The van der Waals surface area contributed by atoms with Crippen LogP contribution in [0.3, 0.4) is 0 Å². The summed E-state index contributed by atoms with van der Waals surface area (Å²) in [5, 5.41) is 12.4. The number of hydrogen-bond donors (Lipinski definition) is 4. The van der Waals surface area contributed by atoms with E-state index in [-0.39, 0.29) is 10.6 Å². The Morgan fingerprint density at radius 1 is 1.19 bits per heavy atom. The van der Waals surface area contributed by atoms with E-state index in [4.69, 9.17) is 0 Å². The van der Waals surface area contributed by atoms with Gasteiger partial charge in [0.15, 0.2) is 5.65 Å². The fraction of sp³-hybridized carbons (Fsp3) is 0.200. The number of nitrogens with zero attached hydrogens (tertiary/aromatic N) is 3. The SMILES string of the molecule is CNS(=O)(=O)c1cccc(-c2cc(NC3CC3)n3ncc(C=C4NC(=O)NC4=O)c3n2)c1. The minimum atomic E-state index is -3.62. The molecular weight excluding hydrogens is 434 g/mol. The van der Waals surface area contributed by atoms with Gasteiger partial charge < -0.3 is 10.6 Å². The van der Waals surface area contributed by atoms with Crippen molar-refractivity contribution >= 4 is 39.5 Å². The number of sulfonamides is 1. The number of nitrogens with one attached hydrogen (secondary N) is 4. The highest BCUT2D eigenvalue weighted by molar-refractivity contribution is 7.89. The molecule has 5 rings (SSSR count). The molecule has 164 valence electrons. The van der Waals surface area contributed by atoms with Crippen LogP contribution in [0.5, 0.6) is 0 Å². The van der Waals surface area contributed by atoms with Crippen LogP contribution in [-0.4, -0.2) is 48.0 Å². The largest absolute Gasteiger partial charge is 0.367 e. The van der Waals surface area contributed by atoms with Gasteiger partial charge in [-0.3, -0.25) is 10.1 Å². The smallest absolute Gasteiger partial charge is 0.326 e. The highest BCUT2D eigenvalue weighted by Gasteiger charge is 2.25. The molecule has 0 spiro atoms. The summed E-state index contributed by atoms with van der Waals surface area (Å²) in [4.78, 5) is 28.2. The van der Waals surface area contributed by atoms with Gasteiger partial charge in [0.1, 0.15) is 11.5 Å². The lowest BCUT2D eigenvalue weighted by Crippen LogP contribution is -2.22. The van der Waals surface area contributed by atoms with Crippen LogP contribution in [0.15, 0.2) is 47.1 Å². The van der Waals surface area contributed by atoms with Crippen molar-refractivity contribution in [3.63, 3.8) is 0 Å². The normalized spacial score (nSPS) is 17.6. The second-order valence-electron chi connectivity index (χ2n) is 7.48. The summed E-state index contributed by atoms with van der Waals surface area (Å²) in [5.74, 6) is 0.158. The second kappa shape index (κ2) is 7.43. The third-order valence-corrected chi connectivity index (χ3v) is 6.57. The highest BCUT2D eigenvalue weighted by Crippen LogP contribution is 2.30. The molecule has 11 nitrogen and oxygen atoms in total. The van der Waals surface area contributed by atoms with Gasteiger partial charge in [-0.25, -0.2) is 22.9 Å². The summed E-state index contributed by atoms with van der Waals surface area (Å²) in [7, 11) is -2.26. The van der Waals surface area contributed by atoms with E-state index in [9.17, 15) is 18.0 Å². The fourth-order valence-corrected chi connectivity index (χ4v) is 4.12. The lowest BCUT2D eigenvalue weighted by molar-refractivity contribution is -0.115. The summed E-state index contributed by atoms with van der Waals surface area (Å²) in [6.07, 6.45) is 5.14. The van der Waals surface area contributed by atoms with E-state index in [1.807, 2.05) is 6.07 Å². The van der Waals surface area contributed by atoms with Gasteiger partial charge in [0.25, 0.3) is 5.91 Å². The van der Waals surface area contributed by atoms with Gasteiger partial charge in [0.2, 0.25) is 10.0 Å². The molecule has 1 aromatic carbocycles. The Hall–Kier alpha value is -3.77. The number of hydrogen-bond acceptors (Lipinski definition) is 7. The number of aromatic nitrogens is 3. The van der Waals surface area contributed by atoms with Crippen molar-refractivity contribution in [1.29, 1.82) is 0 Å². The number of amides is 3. The lowest BCUT2D eigenvalue weighted by Gasteiger charge is -2.11. The predicted molar refractivity (Wildman–Crippen MR) is 116 cm³/mol. The highest BCUT2D eigenvalue weighted by atomic mass is 32.2. The monoisotopic (exact) mass is 453 g/mol. The lowest BCUT2D eigenvalue weighted by atomic mass is 10.1. The summed E-state index contributed by atoms with van der Waals surface area (Å²) in [5.41, 5.74) is 2.21. The standard InChI is InChI=1S/C20H19N7O4S/c1-21-32(30,31)14-4-2-3-11(7-14)15-9-17(23-13-5-6-13)27-18(24-15)12(10-22-27)8-16-19(28)26-20(29)25-16/h2-4,7-10,13,21,23H,5-6H2,1H3,(H2,25,26,28,29). The maximum atomic E-state index is 12.2. The van der Waals surface area contributed by atoms with Crippen LogP contribution in [0.1, 0.15) is 18.4 Å². The summed E-state index contributed by atoms with van der Waals surface area (Å²) >= 11 is 0. The van der Waals surface area contributed by atoms with E-state index in [0.29, 0.717) is 34.3 Å². The molecule has 2 aromatic heterocycles. The molecule has 0 bridgehead atoms. The van der Waals surface area contributed by atoms with Crippen molar-refractivity contribution in [2.24, 2.45) is 0 Å². The number of carbonyl (C=O) groups excluding carboxylic acids is 2. The molecule has 4 N–H and O–H groups in total. The Morgan fingerprint density at radius 3 is 2.69 bits per heavy atom. The van der Waals surface area contributed by atoms with Crippen molar-refractivity contribution in [2.75, 3.05) is 12.4 Å². The summed E-state index contributed by atoms with van der Waals surface area (Å²) < 4.78 is 28.4. The molecule has 1 aliphatic heterocycles. The molecule has 2 fully saturated rings. The van der Waals surface area contributed by atoms with Gasteiger partial charge in [-0.1, -0.05) is 12.1 Å². The second-order valence-corrected chi connectivity index (χ2v) is 9.37. The number of benzene rings is 1. The molecule has 0 atom stereocenters. The number of fused-ring (bicyclic) bond motifs is 1. The zero-order valence-corrected chi connectivity index (χ0v) is 17.7. The Morgan fingerprint density at radius 2 is 2.00 bits per heavy atom. The van der Waals surface area contributed by atoms with Crippen LogP contribution in [-0.2, 0) is 14.8 Å². The molecule has 1 saturated heterocycles. The maximum Gasteiger partial charge on any atom is 0.326 e. The molecule has 1 saturated carbocycles. The first-order valence-corrected chi connectivity index (χ1v) is 11.4. The number of urea groups is 1. The average Bonchev–Trinajstić information content (AvgIpc) is 3.42. The van der Waals surface area contributed by atoms with Gasteiger partial charge in [-0.05, 0) is 38.1 Å². The third-order valence-electron chi connectivity index (χ3n) is 5.16. The van der Waals surface area contributed by atoms with E-state index < -0.39 is 22.0 Å². The van der Waals surface area contributed by atoms with E-state index in [1.54, 1.807) is 28.9 Å². The van der Waals surface area contributed by atoms with Crippen LogP contribution >= 0.6 is 0 Å². The molecule has 1 aliphatic carbocycles. The molecule has 0 radical (unpaired) electrons. The molecule has 32 heavy (non-hydrogen) atoms. The van der Waals surface area contributed by atoms with E-state index >= 15 is 0 Å². The predicted octanol–water partition coefficient (Wildman–Crippen LogP) is 1.06.